The Morgan fingerprint density at radius 2 is 1.51 bits per heavy atom. The number of para-hydroxylation sites is 1. The van der Waals surface area contributed by atoms with E-state index in [0.717, 1.165) is 46.7 Å². The fourth-order valence-corrected chi connectivity index (χ4v) is 6.43. The molecule has 1 atom stereocenters. The van der Waals surface area contributed by atoms with Crippen molar-refractivity contribution >= 4 is 27.5 Å². The fourth-order valence-electron chi connectivity index (χ4n) is 4.95. The molecule has 0 heterocycles. The van der Waals surface area contributed by atoms with Crippen LogP contribution in [0.5, 0.6) is 0 Å². The number of anilines is 1. The Balaban J connectivity index is 1.68. The summed E-state index contributed by atoms with van der Waals surface area (Å²) in [6, 6.07) is 22.4. The summed E-state index contributed by atoms with van der Waals surface area (Å²) in [7, 11) is -4.07. The van der Waals surface area contributed by atoms with Gasteiger partial charge in [0.15, 0.2) is 0 Å². The van der Waals surface area contributed by atoms with E-state index in [1.807, 2.05) is 56.3 Å². The molecule has 0 bridgehead atoms. The van der Waals surface area contributed by atoms with Gasteiger partial charge in [0.1, 0.15) is 12.6 Å². The number of nitrogens with zero attached hydrogens (tertiary/aromatic N) is 2. The van der Waals surface area contributed by atoms with E-state index in [4.69, 9.17) is 0 Å². The second-order valence-corrected chi connectivity index (χ2v) is 12.1. The summed E-state index contributed by atoms with van der Waals surface area (Å²) in [5, 5.41) is 3.09. The number of benzene rings is 3. The zero-order valence-electron chi connectivity index (χ0n) is 22.8. The molecule has 1 fully saturated rings. The molecule has 1 saturated carbocycles. The standard InChI is InChI=1S/C31H37N3O4S/c1-23-17-19-28(20-18-23)39(37,38)34(29-16-10-7-11-24(29)2)22-30(35)33(21-26-12-5-4-6-13-26)25(3)31(36)32-27-14-8-9-15-27/h4-7,10-13,16-20,25,27H,8-9,14-15,21-22H2,1-3H3,(H,32,36)/t25-/m1/s1. The molecule has 7 nitrogen and oxygen atoms in total. The van der Waals surface area contributed by atoms with Crippen molar-refractivity contribution in [1.29, 1.82) is 0 Å². The average molecular weight is 548 g/mol. The number of nitrogens with one attached hydrogen (secondary N) is 1. The van der Waals surface area contributed by atoms with Crippen molar-refractivity contribution in [3.8, 4) is 0 Å². The number of aryl methyl sites for hydroxylation is 2. The molecular formula is C31H37N3O4S. The molecule has 4 rings (SSSR count). The molecule has 206 valence electrons. The van der Waals surface area contributed by atoms with Crippen LogP contribution in [0.3, 0.4) is 0 Å². The Labute approximate surface area is 231 Å². The first-order chi connectivity index (χ1) is 18.7. The van der Waals surface area contributed by atoms with Crippen LogP contribution in [-0.4, -0.2) is 43.8 Å². The van der Waals surface area contributed by atoms with Crippen molar-refractivity contribution in [3.63, 3.8) is 0 Å². The van der Waals surface area contributed by atoms with E-state index in [9.17, 15) is 18.0 Å². The predicted octanol–water partition coefficient (Wildman–Crippen LogP) is 4.97. The van der Waals surface area contributed by atoms with Gasteiger partial charge in [0.2, 0.25) is 11.8 Å². The third kappa shape index (κ3) is 6.87. The van der Waals surface area contributed by atoms with Gasteiger partial charge in [-0.1, -0.05) is 79.1 Å². The number of rotatable bonds is 10. The van der Waals surface area contributed by atoms with Crippen LogP contribution in [0.25, 0.3) is 0 Å². The highest BCUT2D eigenvalue weighted by molar-refractivity contribution is 7.92. The molecule has 0 spiro atoms. The number of carbonyl (C=O) groups excluding carboxylic acids is 2. The number of hydrogen-bond acceptors (Lipinski definition) is 4. The Morgan fingerprint density at radius 1 is 0.897 bits per heavy atom. The van der Waals surface area contributed by atoms with E-state index in [2.05, 4.69) is 5.32 Å². The first-order valence-corrected chi connectivity index (χ1v) is 14.9. The predicted molar refractivity (Wildman–Crippen MR) is 154 cm³/mol. The average Bonchev–Trinajstić information content (AvgIpc) is 3.44. The molecule has 3 aromatic rings. The molecule has 0 aliphatic heterocycles. The number of sulfonamides is 1. The van der Waals surface area contributed by atoms with Crippen LogP contribution in [0.1, 0.15) is 49.3 Å². The fraction of sp³-hybridized carbons (Fsp3) is 0.355. The number of hydrogen-bond donors (Lipinski definition) is 1. The SMILES string of the molecule is Cc1ccc(S(=O)(=O)N(CC(=O)N(Cc2ccccc2)[C@H](C)C(=O)NC2CCCC2)c2ccccc2C)cc1. The first-order valence-electron chi connectivity index (χ1n) is 13.5. The van der Waals surface area contributed by atoms with Gasteiger partial charge >= 0.3 is 0 Å². The van der Waals surface area contributed by atoms with Gasteiger partial charge < -0.3 is 10.2 Å². The lowest BCUT2D eigenvalue weighted by Gasteiger charge is -2.33. The minimum absolute atomic E-state index is 0.103. The third-order valence-electron chi connectivity index (χ3n) is 7.34. The molecule has 1 aliphatic carbocycles. The molecule has 1 aliphatic rings. The Hall–Kier alpha value is -3.65. The van der Waals surface area contributed by atoms with Crippen LogP contribution in [0.15, 0.2) is 83.8 Å². The van der Waals surface area contributed by atoms with Gasteiger partial charge in [0.25, 0.3) is 10.0 Å². The minimum Gasteiger partial charge on any atom is -0.352 e. The van der Waals surface area contributed by atoms with Crippen molar-refractivity contribution in [3.05, 3.63) is 95.6 Å². The molecule has 3 aromatic carbocycles. The smallest absolute Gasteiger partial charge is 0.264 e. The van der Waals surface area contributed by atoms with Crippen LogP contribution in [0.2, 0.25) is 0 Å². The van der Waals surface area contributed by atoms with E-state index in [1.54, 1.807) is 43.3 Å². The lowest BCUT2D eigenvalue weighted by molar-refractivity contribution is -0.139. The van der Waals surface area contributed by atoms with Gasteiger partial charge in [0, 0.05) is 12.6 Å². The maximum Gasteiger partial charge on any atom is 0.264 e. The maximum atomic E-state index is 14.0. The summed E-state index contributed by atoms with van der Waals surface area (Å²) in [4.78, 5) is 28.8. The van der Waals surface area contributed by atoms with Crippen LogP contribution < -0.4 is 9.62 Å². The zero-order valence-corrected chi connectivity index (χ0v) is 23.7. The van der Waals surface area contributed by atoms with E-state index >= 15 is 0 Å². The molecule has 1 N–H and O–H groups in total. The molecule has 2 amide bonds. The normalized spacial score (nSPS) is 14.5. The lowest BCUT2D eigenvalue weighted by atomic mass is 10.1. The highest BCUT2D eigenvalue weighted by Gasteiger charge is 2.33. The van der Waals surface area contributed by atoms with Gasteiger partial charge in [-0.3, -0.25) is 13.9 Å². The monoisotopic (exact) mass is 547 g/mol. The van der Waals surface area contributed by atoms with Crippen molar-refractivity contribution < 1.29 is 18.0 Å². The quantitative estimate of drug-likeness (QED) is 0.388. The highest BCUT2D eigenvalue weighted by atomic mass is 32.2. The largest absolute Gasteiger partial charge is 0.352 e. The van der Waals surface area contributed by atoms with E-state index < -0.39 is 28.5 Å². The Bertz CT molecular complexity index is 1380. The number of amides is 2. The molecule has 0 saturated heterocycles. The first kappa shape index (κ1) is 28.4. The van der Waals surface area contributed by atoms with Gasteiger partial charge in [-0.15, -0.1) is 0 Å². The van der Waals surface area contributed by atoms with E-state index in [-0.39, 0.29) is 23.4 Å². The summed E-state index contributed by atoms with van der Waals surface area (Å²) in [5.74, 6) is -0.679. The summed E-state index contributed by atoms with van der Waals surface area (Å²) >= 11 is 0. The Morgan fingerprint density at radius 3 is 2.15 bits per heavy atom. The zero-order chi connectivity index (χ0) is 28.0. The van der Waals surface area contributed by atoms with E-state index in [1.165, 1.54) is 4.90 Å². The van der Waals surface area contributed by atoms with Crippen LogP contribution in [0.4, 0.5) is 5.69 Å². The number of carbonyl (C=O) groups is 2. The second kappa shape index (κ2) is 12.5. The van der Waals surface area contributed by atoms with Crippen LogP contribution in [0, 0.1) is 13.8 Å². The summed E-state index contributed by atoms with van der Waals surface area (Å²) < 4.78 is 29.0. The molecule has 0 radical (unpaired) electrons. The Kier molecular flexibility index (Phi) is 9.07. The van der Waals surface area contributed by atoms with Crippen molar-refractivity contribution in [1.82, 2.24) is 10.2 Å². The van der Waals surface area contributed by atoms with Crippen molar-refractivity contribution in [2.24, 2.45) is 0 Å². The van der Waals surface area contributed by atoms with Gasteiger partial charge in [-0.2, -0.15) is 0 Å². The summed E-state index contributed by atoms with van der Waals surface area (Å²) in [6.07, 6.45) is 4.02. The molecule has 39 heavy (non-hydrogen) atoms. The topological polar surface area (TPSA) is 86.8 Å². The van der Waals surface area contributed by atoms with E-state index in [0.29, 0.717) is 5.69 Å². The molecule has 8 heteroatoms. The van der Waals surface area contributed by atoms with Gasteiger partial charge in [0.05, 0.1) is 10.6 Å². The molecule has 0 unspecified atom stereocenters. The second-order valence-electron chi connectivity index (χ2n) is 10.3. The van der Waals surface area contributed by atoms with Gasteiger partial charge in [-0.25, -0.2) is 8.42 Å². The molecular weight excluding hydrogens is 510 g/mol. The summed E-state index contributed by atoms with van der Waals surface area (Å²) in [6.45, 7) is 5.16. The van der Waals surface area contributed by atoms with Crippen molar-refractivity contribution in [2.75, 3.05) is 10.8 Å². The highest BCUT2D eigenvalue weighted by Crippen LogP contribution is 2.27. The molecule has 0 aromatic heterocycles. The third-order valence-corrected chi connectivity index (χ3v) is 9.11. The van der Waals surface area contributed by atoms with Crippen LogP contribution >= 0.6 is 0 Å². The lowest BCUT2D eigenvalue weighted by Crippen LogP contribution is -2.52. The minimum atomic E-state index is -4.07. The van der Waals surface area contributed by atoms with Gasteiger partial charge in [-0.05, 0) is 62.9 Å². The summed E-state index contributed by atoms with van der Waals surface area (Å²) in [5.41, 5.74) is 2.94. The van der Waals surface area contributed by atoms with Crippen molar-refractivity contribution in [2.45, 2.75) is 70.0 Å². The maximum absolute atomic E-state index is 14.0. The van der Waals surface area contributed by atoms with Crippen LogP contribution in [-0.2, 0) is 26.2 Å².